The fourth-order valence-electron chi connectivity index (χ4n) is 2.99. The maximum atomic E-state index is 13.4. The molecule has 1 fully saturated rings. The number of aliphatic hydroxyl groups excluding tert-OH is 1. The van der Waals surface area contributed by atoms with E-state index in [0.717, 1.165) is 24.1 Å². The quantitative estimate of drug-likeness (QED) is 0.829. The third kappa shape index (κ3) is 3.45. The van der Waals surface area contributed by atoms with Crippen LogP contribution in [0.15, 0.2) is 18.2 Å². The van der Waals surface area contributed by atoms with Crippen molar-refractivity contribution in [2.45, 2.75) is 38.3 Å². The van der Waals surface area contributed by atoms with E-state index in [-0.39, 0.29) is 12.4 Å². The molecule has 0 aromatic heterocycles. The monoisotopic (exact) mass is 266 g/mol. The highest BCUT2D eigenvalue weighted by Gasteiger charge is 2.24. The lowest BCUT2D eigenvalue weighted by Gasteiger charge is -2.32. The van der Waals surface area contributed by atoms with Gasteiger partial charge in [0.15, 0.2) is 0 Å². The summed E-state index contributed by atoms with van der Waals surface area (Å²) in [6.07, 6.45) is 4.82. The van der Waals surface area contributed by atoms with E-state index in [1.54, 1.807) is 6.07 Å². The van der Waals surface area contributed by atoms with E-state index < -0.39 is 0 Å². The fourth-order valence-corrected chi connectivity index (χ4v) is 2.99. The Balaban J connectivity index is 2.28. The summed E-state index contributed by atoms with van der Waals surface area (Å²) in [6, 6.07) is 5.42. The Kier molecular flexibility index (Phi) is 5.16. The summed E-state index contributed by atoms with van der Waals surface area (Å²) in [6.45, 7) is 1.39. The first-order valence-electron chi connectivity index (χ1n) is 7.06. The lowest BCUT2D eigenvalue weighted by molar-refractivity contribution is 0.297. The predicted molar refractivity (Wildman–Crippen MR) is 75.9 cm³/mol. The third-order valence-corrected chi connectivity index (χ3v) is 3.82. The second kappa shape index (κ2) is 6.87. The molecule has 0 unspecified atom stereocenters. The Morgan fingerprint density at radius 2 is 2.11 bits per heavy atom. The molecule has 3 nitrogen and oxygen atoms in total. The minimum Gasteiger partial charge on any atom is -0.395 e. The fraction of sp³-hybridized carbons (Fsp3) is 0.600. The van der Waals surface area contributed by atoms with E-state index in [1.165, 1.54) is 18.9 Å². The molecule has 1 saturated carbocycles. The van der Waals surface area contributed by atoms with Crippen LogP contribution in [0.25, 0.3) is 0 Å². The molecule has 0 aliphatic heterocycles. The van der Waals surface area contributed by atoms with Crippen molar-refractivity contribution in [3.63, 3.8) is 0 Å². The van der Waals surface area contributed by atoms with E-state index >= 15 is 0 Å². The highest BCUT2D eigenvalue weighted by molar-refractivity contribution is 5.55. The van der Waals surface area contributed by atoms with Gasteiger partial charge in [-0.05, 0) is 43.7 Å². The summed E-state index contributed by atoms with van der Waals surface area (Å²) in [5.41, 5.74) is 2.01. The lowest BCUT2D eigenvalue weighted by Crippen LogP contribution is -2.36. The minimum absolute atomic E-state index is 0.132. The van der Waals surface area contributed by atoms with Gasteiger partial charge in [-0.15, -0.1) is 0 Å². The molecule has 0 heterocycles. The molecule has 2 rings (SSSR count). The molecule has 1 aliphatic carbocycles. The van der Waals surface area contributed by atoms with Crippen LogP contribution in [0, 0.1) is 5.82 Å². The number of benzene rings is 1. The Morgan fingerprint density at radius 1 is 1.37 bits per heavy atom. The van der Waals surface area contributed by atoms with E-state index in [0.29, 0.717) is 19.1 Å². The Morgan fingerprint density at radius 3 is 2.74 bits per heavy atom. The Hall–Kier alpha value is -1.13. The number of nitrogens with zero attached hydrogens (tertiary/aromatic N) is 1. The van der Waals surface area contributed by atoms with Crippen molar-refractivity contribution in [1.82, 2.24) is 5.32 Å². The smallest absolute Gasteiger partial charge is 0.123 e. The van der Waals surface area contributed by atoms with E-state index in [9.17, 15) is 9.50 Å². The normalized spacial score (nSPS) is 15.9. The zero-order valence-corrected chi connectivity index (χ0v) is 11.5. The largest absolute Gasteiger partial charge is 0.395 e. The second-order valence-electron chi connectivity index (χ2n) is 5.16. The molecule has 0 atom stereocenters. The first kappa shape index (κ1) is 14.3. The van der Waals surface area contributed by atoms with Crippen molar-refractivity contribution in [3.8, 4) is 0 Å². The Labute approximate surface area is 114 Å². The molecule has 19 heavy (non-hydrogen) atoms. The van der Waals surface area contributed by atoms with Crippen LogP contribution in [-0.4, -0.2) is 31.3 Å². The average Bonchev–Trinajstić information content (AvgIpc) is 2.91. The molecule has 2 N–H and O–H groups in total. The number of hydrogen-bond donors (Lipinski definition) is 2. The van der Waals surface area contributed by atoms with Crippen molar-refractivity contribution in [2.75, 3.05) is 25.1 Å². The van der Waals surface area contributed by atoms with E-state index in [1.807, 2.05) is 13.1 Å². The number of anilines is 1. The molecule has 0 spiro atoms. The van der Waals surface area contributed by atoms with Crippen molar-refractivity contribution in [3.05, 3.63) is 29.6 Å². The van der Waals surface area contributed by atoms with Crippen LogP contribution in [-0.2, 0) is 6.54 Å². The molecule has 0 amide bonds. The number of nitrogens with one attached hydrogen (secondary N) is 1. The molecule has 0 radical (unpaired) electrons. The maximum Gasteiger partial charge on any atom is 0.123 e. The van der Waals surface area contributed by atoms with Crippen molar-refractivity contribution < 1.29 is 9.50 Å². The predicted octanol–water partition coefficient (Wildman–Crippen LogP) is 2.29. The summed E-state index contributed by atoms with van der Waals surface area (Å²) in [4.78, 5) is 2.25. The van der Waals surface area contributed by atoms with Gasteiger partial charge in [-0.25, -0.2) is 4.39 Å². The van der Waals surface area contributed by atoms with Gasteiger partial charge in [0.2, 0.25) is 0 Å². The molecular formula is C15H23FN2O. The number of hydrogen-bond acceptors (Lipinski definition) is 3. The first-order valence-corrected chi connectivity index (χ1v) is 7.06. The summed E-state index contributed by atoms with van der Waals surface area (Å²) < 4.78 is 13.4. The third-order valence-electron chi connectivity index (χ3n) is 3.82. The van der Waals surface area contributed by atoms with Crippen molar-refractivity contribution in [2.24, 2.45) is 0 Å². The van der Waals surface area contributed by atoms with Crippen LogP contribution in [0.4, 0.5) is 10.1 Å². The molecule has 0 bridgehead atoms. The summed E-state index contributed by atoms with van der Waals surface area (Å²) in [7, 11) is 1.86. The standard InChI is InChI=1S/C15H23FN2O/c1-17-11-12-10-13(16)6-7-15(12)18(8-9-19)14-4-2-3-5-14/h6-7,10,14,17,19H,2-5,8-9,11H2,1H3. The summed E-state index contributed by atoms with van der Waals surface area (Å²) >= 11 is 0. The Bertz CT molecular complexity index is 405. The number of halogens is 1. The van der Waals surface area contributed by atoms with Crippen LogP contribution in [0.2, 0.25) is 0 Å². The lowest BCUT2D eigenvalue weighted by atomic mass is 10.1. The van der Waals surface area contributed by atoms with Crippen LogP contribution in [0.1, 0.15) is 31.2 Å². The van der Waals surface area contributed by atoms with Crippen LogP contribution in [0.3, 0.4) is 0 Å². The van der Waals surface area contributed by atoms with Crippen LogP contribution >= 0.6 is 0 Å². The van der Waals surface area contributed by atoms with Gasteiger partial charge in [-0.3, -0.25) is 0 Å². The average molecular weight is 266 g/mol. The van der Waals surface area contributed by atoms with Gasteiger partial charge in [0, 0.05) is 24.8 Å². The zero-order chi connectivity index (χ0) is 13.7. The molecule has 1 aromatic rings. The van der Waals surface area contributed by atoms with Crippen molar-refractivity contribution >= 4 is 5.69 Å². The molecule has 106 valence electrons. The van der Waals surface area contributed by atoms with Gasteiger partial charge in [0.1, 0.15) is 5.82 Å². The molecule has 1 aliphatic rings. The van der Waals surface area contributed by atoms with Gasteiger partial charge >= 0.3 is 0 Å². The van der Waals surface area contributed by atoms with Gasteiger partial charge in [-0.2, -0.15) is 0 Å². The van der Waals surface area contributed by atoms with Gasteiger partial charge in [0.05, 0.1) is 6.61 Å². The van der Waals surface area contributed by atoms with E-state index in [2.05, 4.69) is 10.2 Å². The molecule has 0 saturated heterocycles. The summed E-state index contributed by atoms with van der Waals surface area (Å²) in [5, 5.41) is 12.4. The summed E-state index contributed by atoms with van der Waals surface area (Å²) in [5.74, 6) is -0.204. The van der Waals surface area contributed by atoms with E-state index in [4.69, 9.17) is 0 Å². The van der Waals surface area contributed by atoms with Crippen molar-refractivity contribution in [1.29, 1.82) is 0 Å². The number of aliphatic hydroxyl groups is 1. The molecule has 4 heteroatoms. The first-order chi connectivity index (χ1) is 9.26. The van der Waals surface area contributed by atoms with Gasteiger partial charge < -0.3 is 15.3 Å². The molecule has 1 aromatic carbocycles. The van der Waals surface area contributed by atoms with Crippen LogP contribution in [0.5, 0.6) is 0 Å². The second-order valence-corrected chi connectivity index (χ2v) is 5.16. The van der Waals surface area contributed by atoms with Gasteiger partial charge in [-0.1, -0.05) is 12.8 Å². The minimum atomic E-state index is -0.204. The molecular weight excluding hydrogens is 243 g/mol. The van der Waals surface area contributed by atoms with Gasteiger partial charge in [0.25, 0.3) is 0 Å². The maximum absolute atomic E-state index is 13.4. The SMILES string of the molecule is CNCc1cc(F)ccc1N(CCO)C1CCCC1. The highest BCUT2D eigenvalue weighted by Crippen LogP contribution is 2.30. The topological polar surface area (TPSA) is 35.5 Å². The highest BCUT2D eigenvalue weighted by atomic mass is 19.1. The number of rotatable bonds is 6. The zero-order valence-electron chi connectivity index (χ0n) is 11.5. The van der Waals surface area contributed by atoms with Crippen LogP contribution < -0.4 is 10.2 Å².